The molecule has 122 valence electrons. The predicted octanol–water partition coefficient (Wildman–Crippen LogP) is 4.39. The molecule has 24 heavy (non-hydrogen) atoms. The maximum atomic E-state index is 12.0. The van der Waals surface area contributed by atoms with Crippen molar-refractivity contribution in [3.8, 4) is 11.6 Å². The van der Waals surface area contributed by atoms with E-state index in [0.29, 0.717) is 10.9 Å². The van der Waals surface area contributed by atoms with Gasteiger partial charge in [-0.25, -0.2) is 0 Å². The van der Waals surface area contributed by atoms with E-state index in [1.165, 1.54) is 12.1 Å². The van der Waals surface area contributed by atoms with Crippen LogP contribution in [0.4, 0.5) is 5.69 Å². The van der Waals surface area contributed by atoms with Crippen LogP contribution in [0.5, 0.6) is 11.6 Å². The van der Waals surface area contributed by atoms with Crippen LogP contribution < -0.4 is 0 Å². The number of carbonyl (C=O) groups excluding carboxylic acids is 1. The number of aromatic nitrogens is 1. The average molecular weight is 344 g/mol. The van der Waals surface area contributed by atoms with E-state index in [9.17, 15) is 15.0 Å². The van der Waals surface area contributed by atoms with E-state index >= 15 is 0 Å². The van der Waals surface area contributed by atoms with E-state index < -0.39 is 5.91 Å². The summed E-state index contributed by atoms with van der Waals surface area (Å²) >= 11 is 5.80. The second-order valence-electron chi connectivity index (χ2n) is 5.38. The highest BCUT2D eigenvalue weighted by atomic mass is 35.5. The topological polar surface area (TPSA) is 98.0 Å². The van der Waals surface area contributed by atoms with Crippen LogP contribution >= 0.6 is 11.6 Å². The molecule has 0 saturated heterocycles. The number of rotatable bonds is 3. The molecule has 2 aromatic carbocycles. The number of phenols is 1. The predicted molar refractivity (Wildman–Crippen MR) is 91.0 cm³/mol. The number of aromatic amines is 1. The van der Waals surface area contributed by atoms with Gasteiger partial charge in [-0.05, 0) is 30.2 Å². The number of hydrogen-bond donors (Lipinski definition) is 3. The molecule has 3 rings (SSSR count). The lowest BCUT2D eigenvalue weighted by molar-refractivity contribution is -0.117. The molecule has 3 N–H and O–H groups in total. The third kappa shape index (κ3) is 3.09. The molecule has 1 amide bonds. The summed E-state index contributed by atoms with van der Waals surface area (Å²) in [5.41, 5.74) is 2.54. The summed E-state index contributed by atoms with van der Waals surface area (Å²) < 4.78 is 0. The van der Waals surface area contributed by atoms with Gasteiger partial charge in [-0.1, -0.05) is 35.9 Å². The molecule has 0 saturated carbocycles. The molecule has 1 aromatic heterocycles. The number of carbonyl (C=O) groups is 1. The maximum Gasteiger partial charge on any atom is 0.269 e. The van der Waals surface area contributed by atoms with Crippen molar-refractivity contribution in [2.45, 2.75) is 13.3 Å². The highest BCUT2D eigenvalue weighted by Crippen LogP contribution is 2.36. The molecule has 6 nitrogen and oxygen atoms in total. The van der Waals surface area contributed by atoms with Crippen LogP contribution in [0.2, 0.25) is 5.02 Å². The highest BCUT2D eigenvalue weighted by molar-refractivity contribution is 6.32. The Bertz CT molecular complexity index is 963. The van der Waals surface area contributed by atoms with Crippen LogP contribution in [0.3, 0.4) is 0 Å². The number of hydrogen-bond acceptors (Lipinski definition) is 4. The summed E-state index contributed by atoms with van der Waals surface area (Å²) in [6.45, 7) is 1.90. The van der Waals surface area contributed by atoms with Crippen LogP contribution in [-0.4, -0.2) is 21.1 Å². The number of aromatic hydroxyl groups is 2. The lowest BCUT2D eigenvalue weighted by Gasteiger charge is -2.00. The Morgan fingerprint density at radius 2 is 2.04 bits per heavy atom. The van der Waals surface area contributed by atoms with E-state index in [-0.39, 0.29) is 28.8 Å². The Kier molecular flexibility index (Phi) is 4.22. The van der Waals surface area contributed by atoms with Crippen molar-refractivity contribution in [2.24, 2.45) is 10.2 Å². The van der Waals surface area contributed by atoms with E-state index in [1.807, 2.05) is 19.1 Å². The molecule has 0 aliphatic carbocycles. The number of amides is 1. The molecule has 3 aromatic rings. The molecular formula is C17H14ClN3O3. The largest absolute Gasteiger partial charge is 0.506 e. The van der Waals surface area contributed by atoms with Crippen molar-refractivity contribution in [1.29, 1.82) is 0 Å². The number of benzene rings is 2. The molecule has 1 heterocycles. The molecule has 0 unspecified atom stereocenters. The summed E-state index contributed by atoms with van der Waals surface area (Å²) in [6.07, 6.45) is -0.00829. The first-order valence-electron chi connectivity index (χ1n) is 7.18. The van der Waals surface area contributed by atoms with Gasteiger partial charge in [0.15, 0.2) is 5.69 Å². The first-order chi connectivity index (χ1) is 11.5. The number of aryl methyl sites for hydroxylation is 1. The Balaban J connectivity index is 1.83. The molecule has 0 aliphatic heterocycles. The van der Waals surface area contributed by atoms with Gasteiger partial charge < -0.3 is 15.2 Å². The van der Waals surface area contributed by atoms with E-state index in [0.717, 1.165) is 11.1 Å². The van der Waals surface area contributed by atoms with Gasteiger partial charge in [-0.2, -0.15) is 0 Å². The molecule has 0 atom stereocenters. The second-order valence-corrected chi connectivity index (χ2v) is 5.78. The van der Waals surface area contributed by atoms with E-state index in [1.54, 1.807) is 12.1 Å². The summed E-state index contributed by atoms with van der Waals surface area (Å²) in [5, 5.41) is 27.7. The van der Waals surface area contributed by atoms with Gasteiger partial charge in [0.1, 0.15) is 5.75 Å². The average Bonchev–Trinajstić information content (AvgIpc) is 2.86. The first kappa shape index (κ1) is 16.0. The van der Waals surface area contributed by atoms with Gasteiger partial charge >= 0.3 is 0 Å². The van der Waals surface area contributed by atoms with Crippen molar-refractivity contribution >= 4 is 34.1 Å². The monoisotopic (exact) mass is 343 g/mol. The Morgan fingerprint density at radius 3 is 2.79 bits per heavy atom. The van der Waals surface area contributed by atoms with Crippen molar-refractivity contribution in [3.63, 3.8) is 0 Å². The normalized spacial score (nSPS) is 11.4. The number of halogens is 1. The number of phenolic OH excluding ortho intramolecular Hbond substituents is 1. The van der Waals surface area contributed by atoms with E-state index in [2.05, 4.69) is 15.2 Å². The zero-order chi connectivity index (χ0) is 17.3. The minimum Gasteiger partial charge on any atom is -0.506 e. The lowest BCUT2D eigenvalue weighted by Crippen LogP contribution is -1.97. The minimum absolute atomic E-state index is 0.00829. The smallest absolute Gasteiger partial charge is 0.269 e. The zero-order valence-corrected chi connectivity index (χ0v) is 13.5. The number of nitrogens with zero attached hydrogens (tertiary/aromatic N) is 2. The quantitative estimate of drug-likeness (QED) is 0.615. The number of azo groups is 1. The van der Waals surface area contributed by atoms with Crippen molar-refractivity contribution in [1.82, 2.24) is 4.98 Å². The molecule has 7 heteroatoms. The van der Waals surface area contributed by atoms with Crippen molar-refractivity contribution in [2.75, 3.05) is 0 Å². The molecule has 0 radical (unpaired) electrons. The standard InChI is InChI=1S/C17H14ClN3O3/c1-9-3-2-4-11-15(9)19-17(24)16(11)21-20-14(23)8-10-5-6-13(22)12(18)7-10/h2-7,19,22,24H,8H2,1H3. The molecule has 0 spiro atoms. The third-order valence-electron chi connectivity index (χ3n) is 3.62. The van der Waals surface area contributed by atoms with Crippen LogP contribution in [0, 0.1) is 6.92 Å². The maximum absolute atomic E-state index is 12.0. The van der Waals surface area contributed by atoms with E-state index in [4.69, 9.17) is 11.6 Å². The minimum atomic E-state index is -0.488. The van der Waals surface area contributed by atoms with Crippen molar-refractivity contribution in [3.05, 3.63) is 52.5 Å². The van der Waals surface area contributed by atoms with Crippen LogP contribution in [-0.2, 0) is 11.2 Å². The molecule has 0 fully saturated rings. The van der Waals surface area contributed by atoms with Gasteiger partial charge in [-0.3, -0.25) is 4.79 Å². The van der Waals surface area contributed by atoms with Gasteiger partial charge in [-0.15, -0.1) is 10.2 Å². The summed E-state index contributed by atoms with van der Waals surface area (Å²) in [5.74, 6) is -0.671. The third-order valence-corrected chi connectivity index (χ3v) is 3.93. The number of H-pyrrole nitrogens is 1. The lowest BCUT2D eigenvalue weighted by atomic mass is 10.1. The Hall–Kier alpha value is -2.86. The van der Waals surface area contributed by atoms with Crippen LogP contribution in [0.1, 0.15) is 11.1 Å². The van der Waals surface area contributed by atoms with Gasteiger partial charge in [0.05, 0.1) is 17.0 Å². The first-order valence-corrected chi connectivity index (χ1v) is 7.55. The van der Waals surface area contributed by atoms with Crippen molar-refractivity contribution < 1.29 is 15.0 Å². The molecular weight excluding hydrogens is 330 g/mol. The summed E-state index contributed by atoms with van der Waals surface area (Å²) in [6, 6.07) is 10.0. The second kappa shape index (κ2) is 6.33. The summed E-state index contributed by atoms with van der Waals surface area (Å²) in [4.78, 5) is 14.8. The van der Waals surface area contributed by atoms with Crippen LogP contribution in [0.15, 0.2) is 46.6 Å². The van der Waals surface area contributed by atoms with Gasteiger partial charge in [0.2, 0.25) is 5.88 Å². The van der Waals surface area contributed by atoms with Gasteiger partial charge in [0, 0.05) is 5.39 Å². The van der Waals surface area contributed by atoms with Gasteiger partial charge in [0.25, 0.3) is 5.91 Å². The zero-order valence-electron chi connectivity index (χ0n) is 12.7. The SMILES string of the molecule is Cc1cccc2c(N=NC(=O)Cc3ccc(O)c(Cl)c3)c(O)[nH]c12. The number of nitrogens with one attached hydrogen (secondary N) is 1. The Morgan fingerprint density at radius 1 is 1.25 bits per heavy atom. The highest BCUT2D eigenvalue weighted by Gasteiger charge is 2.12. The fraction of sp³-hybridized carbons (Fsp3) is 0.118. The molecule has 0 bridgehead atoms. The number of fused-ring (bicyclic) bond motifs is 1. The fourth-order valence-electron chi connectivity index (χ4n) is 2.41. The van der Waals surface area contributed by atoms with Crippen LogP contribution in [0.25, 0.3) is 10.9 Å². The fourth-order valence-corrected chi connectivity index (χ4v) is 2.62. The number of para-hydroxylation sites is 1. The molecule has 0 aliphatic rings. The summed E-state index contributed by atoms with van der Waals surface area (Å²) in [7, 11) is 0. The Labute approximate surface area is 142 Å².